The Kier molecular flexibility index (Phi) is 6.47. The van der Waals surface area contributed by atoms with Crippen LogP contribution < -0.4 is 4.90 Å². The molecule has 2 fully saturated rings. The van der Waals surface area contributed by atoms with Crippen LogP contribution in [0.1, 0.15) is 31.2 Å². The smallest absolute Gasteiger partial charge is 0.407 e. The zero-order chi connectivity index (χ0) is 23.8. The Balaban J connectivity index is 1.48. The van der Waals surface area contributed by atoms with E-state index < -0.39 is 11.6 Å². The Morgan fingerprint density at radius 1 is 1.18 bits per heavy atom. The Morgan fingerprint density at radius 3 is 2.42 bits per heavy atom. The van der Waals surface area contributed by atoms with Gasteiger partial charge in [0, 0.05) is 50.1 Å². The van der Waals surface area contributed by atoms with Crippen molar-refractivity contribution in [2.24, 2.45) is 5.92 Å². The molecular formula is C24H28ClFN4O3. The average molecular weight is 475 g/mol. The van der Waals surface area contributed by atoms with Crippen molar-refractivity contribution < 1.29 is 19.1 Å². The van der Waals surface area contributed by atoms with E-state index in [-0.39, 0.29) is 23.6 Å². The van der Waals surface area contributed by atoms with Gasteiger partial charge in [-0.2, -0.15) is 0 Å². The molecule has 33 heavy (non-hydrogen) atoms. The second kappa shape index (κ2) is 9.17. The van der Waals surface area contributed by atoms with Gasteiger partial charge in [-0.1, -0.05) is 23.7 Å². The lowest BCUT2D eigenvalue weighted by atomic mass is 9.82. The van der Waals surface area contributed by atoms with Gasteiger partial charge >= 0.3 is 6.09 Å². The fourth-order valence-corrected chi connectivity index (χ4v) is 5.16. The number of likely N-dealkylation sites (N-methyl/N-ethyl adjacent to an activating group) is 1. The Hall–Kier alpha value is -2.87. The fraction of sp³-hybridized carbons (Fsp3) is 0.458. The van der Waals surface area contributed by atoms with Crippen molar-refractivity contribution in [3.63, 3.8) is 0 Å². The molecule has 0 radical (unpaired) electrons. The quantitative estimate of drug-likeness (QED) is 0.722. The number of halogens is 2. The third-order valence-corrected chi connectivity index (χ3v) is 7.43. The van der Waals surface area contributed by atoms with Crippen LogP contribution in [0.2, 0.25) is 5.02 Å². The minimum atomic E-state index is -1.02. The number of pyridine rings is 1. The van der Waals surface area contributed by atoms with E-state index in [1.54, 1.807) is 25.2 Å². The van der Waals surface area contributed by atoms with Crippen molar-refractivity contribution in [2.45, 2.75) is 31.2 Å². The number of carboxylic acid groups (broad SMARTS) is 1. The van der Waals surface area contributed by atoms with Crippen molar-refractivity contribution in [1.82, 2.24) is 14.8 Å². The van der Waals surface area contributed by atoms with E-state index in [9.17, 15) is 19.1 Å². The molecule has 0 spiro atoms. The fourth-order valence-electron chi connectivity index (χ4n) is 5.03. The molecule has 4 rings (SSSR count). The van der Waals surface area contributed by atoms with Gasteiger partial charge in [-0.15, -0.1) is 0 Å². The molecule has 9 heteroatoms. The van der Waals surface area contributed by atoms with Gasteiger partial charge in [-0.25, -0.2) is 14.2 Å². The number of nitrogens with zero attached hydrogens (tertiary/aromatic N) is 4. The Morgan fingerprint density at radius 2 is 1.85 bits per heavy atom. The topological polar surface area (TPSA) is 77.0 Å². The molecule has 2 aliphatic rings. The zero-order valence-corrected chi connectivity index (χ0v) is 19.5. The molecule has 0 unspecified atom stereocenters. The zero-order valence-electron chi connectivity index (χ0n) is 18.7. The summed E-state index contributed by atoms with van der Waals surface area (Å²) in [5.41, 5.74) is 0.205. The Labute approximate surface area is 197 Å². The number of carbonyl (C=O) groups is 2. The SMILES string of the molecule is CN(C(=O)O)[C@@]1(C)CN(C(=O)C2CCN(c3ccc(F)cn3)CC2)C[C@@H]1c1ccc(Cl)cc1. The highest BCUT2D eigenvalue weighted by Gasteiger charge is 2.50. The van der Waals surface area contributed by atoms with Crippen LogP contribution >= 0.6 is 11.6 Å². The number of carbonyl (C=O) groups excluding carboxylic acids is 1. The van der Waals surface area contributed by atoms with E-state index in [1.807, 2.05) is 24.0 Å². The molecule has 2 aliphatic heterocycles. The molecule has 3 heterocycles. The molecule has 2 saturated heterocycles. The first-order chi connectivity index (χ1) is 15.7. The van der Waals surface area contributed by atoms with Crippen LogP contribution in [-0.4, -0.2) is 70.7 Å². The first kappa shape index (κ1) is 23.3. The largest absolute Gasteiger partial charge is 0.465 e. The standard InChI is InChI=1S/C24H28ClFN4O3/c1-24(28(2)23(32)33)15-30(14-20(24)16-3-5-18(25)6-4-16)22(31)17-9-11-29(12-10-17)21-8-7-19(26)13-27-21/h3-8,13,17,20H,9-12,14-15H2,1-2H3,(H,32,33)/t20-,24+/m1/s1. The lowest BCUT2D eigenvalue weighted by Crippen LogP contribution is -2.52. The third kappa shape index (κ3) is 4.62. The van der Waals surface area contributed by atoms with Gasteiger partial charge in [0.05, 0.1) is 11.7 Å². The van der Waals surface area contributed by atoms with E-state index in [2.05, 4.69) is 9.88 Å². The van der Waals surface area contributed by atoms with Crippen LogP contribution in [0.25, 0.3) is 0 Å². The molecule has 1 aromatic carbocycles. The molecule has 2 aromatic rings. The highest BCUT2D eigenvalue weighted by atomic mass is 35.5. The molecule has 7 nitrogen and oxygen atoms in total. The number of hydrogen-bond donors (Lipinski definition) is 1. The predicted molar refractivity (Wildman–Crippen MR) is 124 cm³/mol. The van der Waals surface area contributed by atoms with E-state index >= 15 is 0 Å². The number of hydrogen-bond acceptors (Lipinski definition) is 4. The highest BCUT2D eigenvalue weighted by Crippen LogP contribution is 2.41. The number of benzene rings is 1. The molecular weight excluding hydrogens is 447 g/mol. The van der Waals surface area contributed by atoms with E-state index in [0.717, 1.165) is 5.56 Å². The van der Waals surface area contributed by atoms with Crippen LogP contribution in [0.5, 0.6) is 0 Å². The van der Waals surface area contributed by atoms with E-state index in [0.29, 0.717) is 49.9 Å². The highest BCUT2D eigenvalue weighted by molar-refractivity contribution is 6.30. The van der Waals surface area contributed by atoms with Crippen LogP contribution in [0, 0.1) is 11.7 Å². The maximum atomic E-state index is 13.5. The van der Waals surface area contributed by atoms with E-state index in [1.165, 1.54) is 17.2 Å². The maximum absolute atomic E-state index is 13.5. The Bertz CT molecular complexity index is 1010. The van der Waals surface area contributed by atoms with Crippen molar-refractivity contribution in [3.8, 4) is 0 Å². The van der Waals surface area contributed by atoms with Crippen LogP contribution in [0.3, 0.4) is 0 Å². The third-order valence-electron chi connectivity index (χ3n) is 7.18. The summed E-state index contributed by atoms with van der Waals surface area (Å²) in [5.74, 6) is 0.0981. The molecule has 1 N–H and O–H groups in total. The minimum Gasteiger partial charge on any atom is -0.465 e. The lowest BCUT2D eigenvalue weighted by molar-refractivity contribution is -0.135. The minimum absolute atomic E-state index is 0.0585. The van der Waals surface area contributed by atoms with Gasteiger partial charge in [-0.3, -0.25) is 4.79 Å². The molecule has 2 amide bonds. The number of aromatic nitrogens is 1. The summed E-state index contributed by atoms with van der Waals surface area (Å²) < 4.78 is 13.2. The molecule has 0 saturated carbocycles. The maximum Gasteiger partial charge on any atom is 0.407 e. The van der Waals surface area contributed by atoms with Crippen LogP contribution in [-0.2, 0) is 4.79 Å². The monoisotopic (exact) mass is 474 g/mol. The summed E-state index contributed by atoms with van der Waals surface area (Å²) in [5, 5.41) is 10.3. The number of piperidine rings is 1. The summed E-state index contributed by atoms with van der Waals surface area (Å²) in [6.07, 6.45) is 1.52. The van der Waals surface area contributed by atoms with Gasteiger partial charge in [0.15, 0.2) is 0 Å². The van der Waals surface area contributed by atoms with Crippen molar-refractivity contribution >= 4 is 29.4 Å². The first-order valence-corrected chi connectivity index (χ1v) is 11.4. The summed E-state index contributed by atoms with van der Waals surface area (Å²) in [6, 6.07) is 10.4. The van der Waals surface area contributed by atoms with Crippen molar-refractivity contribution in [3.05, 3.63) is 59.0 Å². The second-order valence-electron chi connectivity index (χ2n) is 9.12. The molecule has 0 aliphatic carbocycles. The van der Waals surface area contributed by atoms with Gasteiger partial charge in [0.1, 0.15) is 11.6 Å². The van der Waals surface area contributed by atoms with Crippen LogP contribution in [0.15, 0.2) is 42.6 Å². The number of rotatable bonds is 4. The van der Waals surface area contributed by atoms with Crippen molar-refractivity contribution in [1.29, 1.82) is 0 Å². The lowest BCUT2D eigenvalue weighted by Gasteiger charge is -2.38. The van der Waals surface area contributed by atoms with Gasteiger partial charge in [0.25, 0.3) is 0 Å². The van der Waals surface area contributed by atoms with Gasteiger partial charge in [0.2, 0.25) is 5.91 Å². The summed E-state index contributed by atoms with van der Waals surface area (Å²) >= 11 is 6.05. The van der Waals surface area contributed by atoms with Gasteiger partial charge < -0.3 is 19.8 Å². The number of anilines is 1. The second-order valence-corrected chi connectivity index (χ2v) is 9.55. The number of likely N-dealkylation sites (tertiary alicyclic amines) is 1. The summed E-state index contributed by atoms with van der Waals surface area (Å²) in [6.45, 7) is 4.01. The van der Waals surface area contributed by atoms with E-state index in [4.69, 9.17) is 11.6 Å². The van der Waals surface area contributed by atoms with Crippen molar-refractivity contribution in [2.75, 3.05) is 38.1 Å². The molecule has 0 bridgehead atoms. The summed E-state index contributed by atoms with van der Waals surface area (Å²) in [7, 11) is 1.56. The van der Waals surface area contributed by atoms with Crippen LogP contribution in [0.4, 0.5) is 15.0 Å². The molecule has 1 aromatic heterocycles. The number of amides is 2. The first-order valence-electron chi connectivity index (χ1n) is 11.1. The van der Waals surface area contributed by atoms with Gasteiger partial charge in [-0.05, 0) is 49.6 Å². The average Bonchev–Trinajstić information content (AvgIpc) is 3.17. The molecule has 176 valence electrons. The normalized spacial score (nSPS) is 23.6. The summed E-state index contributed by atoms with van der Waals surface area (Å²) in [4.78, 5) is 34.7. The predicted octanol–water partition coefficient (Wildman–Crippen LogP) is 4.09. The molecule has 2 atom stereocenters.